The van der Waals surface area contributed by atoms with Gasteiger partial charge in [-0.15, -0.1) is 17.0 Å². The van der Waals surface area contributed by atoms with Crippen molar-refractivity contribution in [3.05, 3.63) is 48.0 Å². The topological polar surface area (TPSA) is 60.5 Å². The molecule has 0 aliphatic heterocycles. The highest BCUT2D eigenvalue weighted by molar-refractivity contribution is 8.93. The Labute approximate surface area is 160 Å². The summed E-state index contributed by atoms with van der Waals surface area (Å²) in [4.78, 5) is 16.8. The van der Waals surface area contributed by atoms with Crippen LogP contribution in [0.15, 0.2) is 42.5 Å². The van der Waals surface area contributed by atoms with Gasteiger partial charge in [0, 0.05) is 5.56 Å². The summed E-state index contributed by atoms with van der Waals surface area (Å²) >= 11 is 1.50. The van der Waals surface area contributed by atoms with E-state index in [4.69, 9.17) is 9.47 Å². The smallest absolute Gasteiger partial charge is 0.184 e. The first-order valence-electron chi connectivity index (χ1n) is 7.64. The van der Waals surface area contributed by atoms with Crippen molar-refractivity contribution in [3.63, 3.8) is 0 Å². The molecule has 0 amide bonds. The van der Waals surface area contributed by atoms with E-state index in [0.29, 0.717) is 17.3 Å². The second kappa shape index (κ2) is 8.82. The number of anilines is 1. The number of para-hydroxylation sites is 1. The Balaban J connectivity index is 0.00000225. The van der Waals surface area contributed by atoms with Crippen molar-refractivity contribution in [1.82, 2.24) is 4.98 Å². The molecule has 2 aromatic carbocycles. The minimum atomic E-state index is 0. The molecule has 0 spiro atoms. The number of carbonyl (C=O) groups excluding carboxylic acids is 1. The summed E-state index contributed by atoms with van der Waals surface area (Å²) in [6.07, 6.45) is 0. The highest BCUT2D eigenvalue weighted by atomic mass is 79.9. The van der Waals surface area contributed by atoms with Crippen molar-refractivity contribution in [2.45, 2.75) is 6.92 Å². The molecule has 5 nitrogen and oxygen atoms in total. The fourth-order valence-electron chi connectivity index (χ4n) is 2.33. The van der Waals surface area contributed by atoms with Crippen LogP contribution < -0.4 is 14.8 Å². The fourth-order valence-corrected chi connectivity index (χ4v) is 3.20. The predicted molar refractivity (Wildman–Crippen MR) is 107 cm³/mol. The van der Waals surface area contributed by atoms with Gasteiger partial charge in [-0.3, -0.25) is 4.79 Å². The molecule has 0 saturated carbocycles. The van der Waals surface area contributed by atoms with Gasteiger partial charge in [0.2, 0.25) is 0 Å². The number of halogens is 1. The molecular weight excluding hydrogens is 404 g/mol. The molecule has 0 aliphatic rings. The summed E-state index contributed by atoms with van der Waals surface area (Å²) in [6, 6.07) is 12.9. The van der Waals surface area contributed by atoms with Gasteiger partial charge in [0.1, 0.15) is 17.0 Å². The van der Waals surface area contributed by atoms with E-state index >= 15 is 0 Å². The van der Waals surface area contributed by atoms with Gasteiger partial charge in [-0.25, -0.2) is 4.98 Å². The maximum Gasteiger partial charge on any atom is 0.184 e. The van der Waals surface area contributed by atoms with E-state index in [2.05, 4.69) is 10.3 Å². The third-order valence-corrected chi connectivity index (χ3v) is 4.47. The van der Waals surface area contributed by atoms with Crippen LogP contribution in [0.4, 0.5) is 5.13 Å². The zero-order valence-electron chi connectivity index (χ0n) is 13.9. The Bertz CT molecular complexity index is 849. The van der Waals surface area contributed by atoms with Gasteiger partial charge in [-0.05, 0) is 43.3 Å². The van der Waals surface area contributed by atoms with E-state index in [1.54, 1.807) is 31.4 Å². The quantitative estimate of drug-likeness (QED) is 0.564. The molecule has 1 heterocycles. The van der Waals surface area contributed by atoms with Gasteiger partial charge in [0.15, 0.2) is 10.9 Å². The molecule has 0 saturated heterocycles. The van der Waals surface area contributed by atoms with Crippen LogP contribution in [0.2, 0.25) is 0 Å². The minimum absolute atomic E-state index is 0. The first-order valence-corrected chi connectivity index (χ1v) is 8.46. The molecule has 0 unspecified atom stereocenters. The summed E-state index contributed by atoms with van der Waals surface area (Å²) < 4.78 is 11.7. The summed E-state index contributed by atoms with van der Waals surface area (Å²) in [5.41, 5.74) is 1.45. The zero-order valence-corrected chi connectivity index (χ0v) is 16.5. The molecule has 1 N–H and O–H groups in total. The average Bonchev–Trinajstić information content (AvgIpc) is 3.03. The number of benzene rings is 2. The molecule has 1 aromatic heterocycles. The Kier molecular flexibility index (Phi) is 6.78. The molecule has 3 aromatic rings. The summed E-state index contributed by atoms with van der Waals surface area (Å²) in [5, 5.41) is 3.80. The lowest BCUT2D eigenvalue weighted by Crippen LogP contribution is -2.13. The van der Waals surface area contributed by atoms with Gasteiger partial charge in [-0.2, -0.15) is 0 Å². The van der Waals surface area contributed by atoms with Gasteiger partial charge < -0.3 is 14.8 Å². The summed E-state index contributed by atoms with van der Waals surface area (Å²) in [6.45, 7) is 2.72. The maximum atomic E-state index is 12.3. The van der Waals surface area contributed by atoms with Crippen molar-refractivity contribution in [1.29, 1.82) is 0 Å². The number of thiazole rings is 1. The fraction of sp³-hybridized carbons (Fsp3) is 0.222. The van der Waals surface area contributed by atoms with Gasteiger partial charge >= 0.3 is 0 Å². The Morgan fingerprint density at radius 1 is 1.20 bits per heavy atom. The Morgan fingerprint density at radius 3 is 2.64 bits per heavy atom. The van der Waals surface area contributed by atoms with Crippen molar-refractivity contribution in [2.24, 2.45) is 0 Å². The van der Waals surface area contributed by atoms with Crippen molar-refractivity contribution < 1.29 is 14.3 Å². The molecular formula is C18H19BrN2O3S. The second-order valence-electron chi connectivity index (χ2n) is 5.06. The number of rotatable bonds is 7. The number of nitrogens with zero attached hydrogens (tertiary/aromatic N) is 1. The molecule has 0 radical (unpaired) electrons. The second-order valence-corrected chi connectivity index (χ2v) is 6.09. The van der Waals surface area contributed by atoms with E-state index in [1.165, 1.54) is 11.3 Å². The number of nitrogens with one attached hydrogen (secondary N) is 1. The zero-order chi connectivity index (χ0) is 16.9. The monoisotopic (exact) mass is 422 g/mol. The lowest BCUT2D eigenvalue weighted by Gasteiger charge is -2.05. The lowest BCUT2D eigenvalue weighted by atomic mass is 10.1. The molecule has 132 valence electrons. The average molecular weight is 423 g/mol. The van der Waals surface area contributed by atoms with Crippen molar-refractivity contribution >= 4 is 49.4 Å². The molecule has 0 aliphatic carbocycles. The first kappa shape index (κ1) is 19.2. The van der Waals surface area contributed by atoms with Crippen molar-refractivity contribution in [2.75, 3.05) is 25.6 Å². The maximum absolute atomic E-state index is 12.3. The molecule has 0 fully saturated rings. The van der Waals surface area contributed by atoms with E-state index in [9.17, 15) is 4.79 Å². The van der Waals surface area contributed by atoms with Crippen LogP contribution in [0, 0.1) is 0 Å². The van der Waals surface area contributed by atoms with Gasteiger partial charge in [-0.1, -0.05) is 17.4 Å². The van der Waals surface area contributed by atoms with E-state index in [0.717, 1.165) is 21.7 Å². The number of aromatic nitrogens is 1. The van der Waals surface area contributed by atoms with E-state index < -0.39 is 0 Å². The van der Waals surface area contributed by atoms with E-state index in [-0.39, 0.29) is 29.3 Å². The first-order chi connectivity index (χ1) is 11.7. The molecule has 3 rings (SSSR count). The number of hydrogen-bond donors (Lipinski definition) is 1. The highest BCUT2D eigenvalue weighted by Crippen LogP contribution is 2.31. The van der Waals surface area contributed by atoms with E-state index in [1.807, 2.05) is 25.1 Å². The molecule has 0 atom stereocenters. The molecule has 7 heteroatoms. The van der Waals surface area contributed by atoms with Crippen LogP contribution >= 0.6 is 28.3 Å². The van der Waals surface area contributed by atoms with Crippen LogP contribution in [0.3, 0.4) is 0 Å². The van der Waals surface area contributed by atoms with Gasteiger partial charge in [0.05, 0.1) is 25.0 Å². The number of ketones is 1. The lowest BCUT2D eigenvalue weighted by molar-refractivity contribution is 0.101. The number of ether oxygens (including phenoxy) is 2. The third-order valence-electron chi connectivity index (χ3n) is 3.49. The summed E-state index contributed by atoms with van der Waals surface area (Å²) in [7, 11) is 1.62. The molecule has 25 heavy (non-hydrogen) atoms. The van der Waals surface area contributed by atoms with Crippen LogP contribution in [0.25, 0.3) is 10.2 Å². The largest absolute Gasteiger partial charge is 0.494 e. The van der Waals surface area contributed by atoms with Crippen LogP contribution in [-0.4, -0.2) is 31.0 Å². The number of carbonyl (C=O) groups is 1. The highest BCUT2D eigenvalue weighted by Gasteiger charge is 2.10. The summed E-state index contributed by atoms with van der Waals surface area (Å²) in [5.74, 6) is 1.50. The number of hydrogen-bond acceptors (Lipinski definition) is 6. The predicted octanol–water partition coefficient (Wildman–Crippen LogP) is 4.58. The van der Waals surface area contributed by atoms with Crippen molar-refractivity contribution in [3.8, 4) is 11.5 Å². The standard InChI is InChI=1S/C18H18N2O3S.BrH/c1-3-23-13-9-7-12(8-10-13)14(21)11-19-18-20-17-15(22-2)5-4-6-16(17)24-18;/h4-10H,3,11H2,1-2H3,(H,19,20);1H. The SMILES string of the molecule is Br.CCOc1ccc(C(=O)CNc2nc3c(OC)cccc3s2)cc1. The van der Waals surface area contributed by atoms with Crippen LogP contribution in [0.1, 0.15) is 17.3 Å². The number of fused-ring (bicyclic) bond motifs is 1. The van der Waals surface area contributed by atoms with Gasteiger partial charge in [0.25, 0.3) is 0 Å². The Morgan fingerprint density at radius 2 is 1.96 bits per heavy atom. The Hall–Kier alpha value is -2.12. The van der Waals surface area contributed by atoms with Crippen LogP contribution in [-0.2, 0) is 0 Å². The normalized spacial score (nSPS) is 10.2. The molecule has 0 bridgehead atoms. The third kappa shape index (κ3) is 4.49. The number of Topliss-reactive ketones (excluding diaryl/α,β-unsaturated/α-hetero) is 1. The minimum Gasteiger partial charge on any atom is -0.494 e. The van der Waals surface area contributed by atoms with Crippen LogP contribution in [0.5, 0.6) is 11.5 Å². The number of methoxy groups -OCH3 is 1.